The monoisotopic (exact) mass is 284 g/mol. The minimum Gasteiger partial charge on any atom is -0.115 e. The van der Waals surface area contributed by atoms with E-state index in [2.05, 4.69) is 77.8 Å². The van der Waals surface area contributed by atoms with Gasteiger partial charge in [0.2, 0.25) is 0 Å². The van der Waals surface area contributed by atoms with Gasteiger partial charge in [0, 0.05) is 0 Å². The second-order valence-corrected chi connectivity index (χ2v) is 12.4. The first-order valence-electron chi connectivity index (χ1n) is 7.61. The molecule has 0 aliphatic heterocycles. The van der Waals surface area contributed by atoms with Crippen molar-refractivity contribution in [1.82, 2.24) is 0 Å². The highest BCUT2D eigenvalue weighted by Crippen LogP contribution is 2.46. The van der Waals surface area contributed by atoms with Crippen LogP contribution in [0.15, 0.2) is 35.5 Å². The van der Waals surface area contributed by atoms with Crippen LogP contribution in [0.2, 0.25) is 16.6 Å². The summed E-state index contributed by atoms with van der Waals surface area (Å²) in [5.41, 5.74) is 3.16. The third-order valence-corrected chi connectivity index (χ3v) is 11.6. The molecule has 1 heteroatoms. The van der Waals surface area contributed by atoms with Crippen molar-refractivity contribution in [2.75, 3.05) is 0 Å². The van der Waals surface area contributed by atoms with Crippen molar-refractivity contribution in [2.24, 2.45) is 0 Å². The number of rotatable bonds is 5. The molecule has 0 unspecified atom stereocenters. The molecule has 0 bridgehead atoms. The molecule has 0 aliphatic carbocycles. The zero-order valence-corrected chi connectivity index (χ0v) is 14.8. The number of hydrogen-bond acceptors (Lipinski definition) is 0. The number of terminal acetylenes is 1. The SMILES string of the molecule is C#C/C(=C\c1ccccc1)[Si](C(C)C)(C(C)C)C(C)C. The average molecular weight is 285 g/mol. The van der Waals surface area contributed by atoms with Crippen molar-refractivity contribution in [2.45, 2.75) is 58.2 Å². The highest BCUT2D eigenvalue weighted by atomic mass is 28.3. The third kappa shape index (κ3) is 3.07. The second kappa shape index (κ2) is 6.95. The lowest BCUT2D eigenvalue weighted by Crippen LogP contribution is -2.46. The zero-order chi connectivity index (χ0) is 15.3. The Bertz CT molecular complexity index is 464. The van der Waals surface area contributed by atoms with Crippen LogP contribution in [0.1, 0.15) is 47.1 Å². The first kappa shape index (κ1) is 16.8. The lowest BCUT2D eigenvalue weighted by atomic mass is 10.2. The highest BCUT2D eigenvalue weighted by molar-refractivity contribution is 6.91. The Hall–Kier alpha value is -1.26. The van der Waals surface area contributed by atoms with Gasteiger partial charge in [-0.25, -0.2) is 0 Å². The van der Waals surface area contributed by atoms with Crippen LogP contribution < -0.4 is 0 Å². The van der Waals surface area contributed by atoms with Gasteiger partial charge in [-0.05, 0) is 33.5 Å². The lowest BCUT2D eigenvalue weighted by Gasteiger charge is -2.43. The number of allylic oxidation sites excluding steroid dienone is 1. The average Bonchev–Trinajstić information content (AvgIpc) is 2.38. The summed E-state index contributed by atoms with van der Waals surface area (Å²) >= 11 is 0. The van der Waals surface area contributed by atoms with Gasteiger partial charge in [-0.1, -0.05) is 77.8 Å². The summed E-state index contributed by atoms with van der Waals surface area (Å²) in [4.78, 5) is 0. The normalized spacial score (nSPS) is 13.1. The van der Waals surface area contributed by atoms with Crippen molar-refractivity contribution in [3.05, 3.63) is 41.1 Å². The van der Waals surface area contributed by atoms with Crippen molar-refractivity contribution in [3.8, 4) is 12.3 Å². The minimum atomic E-state index is -1.71. The van der Waals surface area contributed by atoms with Crippen molar-refractivity contribution in [3.63, 3.8) is 0 Å². The molecule has 0 saturated heterocycles. The van der Waals surface area contributed by atoms with E-state index < -0.39 is 8.07 Å². The maximum absolute atomic E-state index is 5.94. The zero-order valence-electron chi connectivity index (χ0n) is 13.8. The Morgan fingerprint density at radius 2 is 1.40 bits per heavy atom. The highest BCUT2D eigenvalue weighted by Gasteiger charge is 2.45. The maximum atomic E-state index is 5.94. The fourth-order valence-corrected chi connectivity index (χ4v) is 10.5. The molecule has 1 aromatic rings. The quantitative estimate of drug-likeness (QED) is 0.465. The lowest BCUT2D eigenvalue weighted by molar-refractivity contribution is 0.829. The minimum absolute atomic E-state index is 0.647. The van der Waals surface area contributed by atoms with Gasteiger partial charge in [0.05, 0.1) is 0 Å². The molecule has 0 aromatic heterocycles. The Morgan fingerprint density at radius 3 is 1.75 bits per heavy atom. The first-order valence-corrected chi connectivity index (χ1v) is 9.84. The van der Waals surface area contributed by atoms with Crippen LogP contribution in [0.3, 0.4) is 0 Å². The largest absolute Gasteiger partial charge is 0.115 e. The van der Waals surface area contributed by atoms with Gasteiger partial charge in [0.1, 0.15) is 8.07 Å². The summed E-state index contributed by atoms with van der Waals surface area (Å²) in [5, 5.41) is 1.27. The van der Waals surface area contributed by atoms with Gasteiger partial charge in [-0.15, -0.1) is 6.42 Å². The van der Waals surface area contributed by atoms with Gasteiger partial charge in [0.15, 0.2) is 0 Å². The Balaban J connectivity index is 3.45. The molecule has 20 heavy (non-hydrogen) atoms. The van der Waals surface area contributed by atoms with Crippen molar-refractivity contribution < 1.29 is 0 Å². The van der Waals surface area contributed by atoms with E-state index in [4.69, 9.17) is 6.42 Å². The molecule has 0 amide bonds. The van der Waals surface area contributed by atoms with E-state index in [-0.39, 0.29) is 0 Å². The summed E-state index contributed by atoms with van der Waals surface area (Å²) in [6.45, 7) is 14.1. The van der Waals surface area contributed by atoms with Crippen molar-refractivity contribution >= 4 is 14.1 Å². The summed E-state index contributed by atoms with van der Waals surface area (Å²) in [6, 6.07) is 10.5. The van der Waals surface area contributed by atoms with Gasteiger partial charge >= 0.3 is 0 Å². The van der Waals surface area contributed by atoms with Crippen LogP contribution in [-0.2, 0) is 0 Å². The molecular formula is C19H28Si. The molecule has 1 rings (SSSR count). The van der Waals surface area contributed by atoms with Crippen LogP contribution in [0.5, 0.6) is 0 Å². The Morgan fingerprint density at radius 1 is 0.950 bits per heavy atom. The van der Waals surface area contributed by atoms with E-state index in [1.807, 2.05) is 6.07 Å². The molecule has 0 radical (unpaired) electrons. The van der Waals surface area contributed by atoms with E-state index in [1.165, 1.54) is 10.8 Å². The van der Waals surface area contributed by atoms with E-state index in [0.29, 0.717) is 16.6 Å². The first-order chi connectivity index (χ1) is 9.37. The van der Waals surface area contributed by atoms with Gasteiger partial charge in [-0.2, -0.15) is 0 Å². The third-order valence-electron chi connectivity index (χ3n) is 4.60. The predicted octanol–water partition coefficient (Wildman–Crippen LogP) is 5.92. The summed E-state index contributed by atoms with van der Waals surface area (Å²) in [7, 11) is -1.71. The molecule has 0 nitrogen and oxygen atoms in total. The number of hydrogen-bond donors (Lipinski definition) is 0. The van der Waals surface area contributed by atoms with Crippen LogP contribution in [-0.4, -0.2) is 8.07 Å². The maximum Gasteiger partial charge on any atom is 0.105 e. The fraction of sp³-hybridized carbons (Fsp3) is 0.474. The predicted molar refractivity (Wildman–Crippen MR) is 94.3 cm³/mol. The molecule has 0 spiro atoms. The molecule has 0 fully saturated rings. The standard InChI is InChI=1S/C19H28Si/c1-8-19(14-18-12-10-9-11-13-18)20(15(2)3,16(4)5)17(6)7/h1,9-17H,2-7H3/b19-14+. The van der Waals surface area contributed by atoms with Crippen LogP contribution in [0.25, 0.3) is 6.08 Å². The van der Waals surface area contributed by atoms with Crippen molar-refractivity contribution in [1.29, 1.82) is 0 Å². The van der Waals surface area contributed by atoms with E-state index in [1.54, 1.807) is 0 Å². The Kier molecular flexibility index (Phi) is 5.83. The fourth-order valence-electron chi connectivity index (χ4n) is 3.94. The van der Waals surface area contributed by atoms with E-state index in [9.17, 15) is 0 Å². The molecule has 0 N–H and O–H groups in total. The molecule has 0 aliphatic rings. The van der Waals surface area contributed by atoms with Crippen LogP contribution in [0.4, 0.5) is 0 Å². The molecule has 0 atom stereocenters. The summed E-state index contributed by atoms with van der Waals surface area (Å²) in [5.74, 6) is 3.06. The molecular weight excluding hydrogens is 256 g/mol. The second-order valence-electron chi connectivity index (χ2n) is 6.51. The molecule has 108 valence electrons. The summed E-state index contributed by atoms with van der Waals surface area (Å²) < 4.78 is 0. The Labute approximate surface area is 126 Å². The molecule has 0 saturated carbocycles. The van der Waals surface area contributed by atoms with Crippen LogP contribution >= 0.6 is 0 Å². The molecule has 1 aromatic carbocycles. The van der Waals surface area contributed by atoms with E-state index in [0.717, 1.165) is 0 Å². The topological polar surface area (TPSA) is 0 Å². The number of benzene rings is 1. The van der Waals surface area contributed by atoms with E-state index >= 15 is 0 Å². The molecule has 0 heterocycles. The van der Waals surface area contributed by atoms with Crippen LogP contribution in [0, 0.1) is 12.3 Å². The smallest absolute Gasteiger partial charge is 0.105 e. The summed E-state index contributed by atoms with van der Waals surface area (Å²) in [6.07, 6.45) is 8.19. The van der Waals surface area contributed by atoms with Gasteiger partial charge < -0.3 is 0 Å². The van der Waals surface area contributed by atoms with Gasteiger partial charge in [-0.3, -0.25) is 0 Å². The van der Waals surface area contributed by atoms with Gasteiger partial charge in [0.25, 0.3) is 0 Å².